The Bertz CT molecular complexity index is 884. The minimum atomic E-state index is 0.574. The van der Waals surface area contributed by atoms with Crippen molar-refractivity contribution in [2.75, 3.05) is 36.4 Å². The summed E-state index contributed by atoms with van der Waals surface area (Å²) >= 11 is 0. The van der Waals surface area contributed by atoms with Gasteiger partial charge in [0.1, 0.15) is 5.82 Å². The van der Waals surface area contributed by atoms with Crippen molar-refractivity contribution in [2.45, 2.75) is 59.4 Å². The molecule has 2 aromatic rings. The Morgan fingerprint density at radius 2 is 2.00 bits per heavy atom. The maximum absolute atomic E-state index is 9.33. The number of piperidine rings is 1. The first-order chi connectivity index (χ1) is 14.6. The maximum Gasteiger partial charge on any atom is 0.229 e. The van der Waals surface area contributed by atoms with E-state index >= 15 is 0 Å². The number of anilines is 3. The number of likely N-dealkylation sites (N-methyl/N-ethyl adjacent to an activating group) is 1. The molecule has 6 heteroatoms. The van der Waals surface area contributed by atoms with Crippen LogP contribution in [0.15, 0.2) is 24.3 Å². The molecule has 0 unspecified atom stereocenters. The van der Waals surface area contributed by atoms with Crippen molar-refractivity contribution < 1.29 is 0 Å². The highest BCUT2D eigenvalue weighted by molar-refractivity contribution is 5.59. The topological polar surface area (TPSA) is 68.1 Å². The third kappa shape index (κ3) is 5.28. The van der Waals surface area contributed by atoms with Crippen LogP contribution in [0.4, 0.5) is 17.5 Å². The van der Waals surface area contributed by atoms with E-state index in [4.69, 9.17) is 9.97 Å². The van der Waals surface area contributed by atoms with Crippen LogP contribution in [0, 0.1) is 18.3 Å². The first-order valence-corrected chi connectivity index (χ1v) is 11.2. The monoisotopic (exact) mass is 406 g/mol. The first-order valence-electron chi connectivity index (χ1n) is 11.2. The Morgan fingerprint density at radius 3 is 2.70 bits per heavy atom. The summed E-state index contributed by atoms with van der Waals surface area (Å²) in [6, 6.07) is 10.8. The van der Waals surface area contributed by atoms with Crippen molar-refractivity contribution >= 4 is 17.5 Å². The zero-order chi connectivity index (χ0) is 21.5. The van der Waals surface area contributed by atoms with Gasteiger partial charge in [-0.15, -0.1) is 0 Å². The second kappa shape index (κ2) is 10.4. The second-order valence-corrected chi connectivity index (χ2v) is 8.02. The molecule has 3 rings (SSSR count). The molecule has 1 fully saturated rings. The van der Waals surface area contributed by atoms with Crippen LogP contribution in [0.2, 0.25) is 0 Å². The fourth-order valence-corrected chi connectivity index (χ4v) is 4.24. The normalized spacial score (nSPS) is 16.5. The Labute approximate surface area is 180 Å². The Morgan fingerprint density at radius 1 is 1.20 bits per heavy atom. The van der Waals surface area contributed by atoms with Gasteiger partial charge in [0.15, 0.2) is 0 Å². The Balaban J connectivity index is 1.86. The molecule has 6 nitrogen and oxygen atoms in total. The van der Waals surface area contributed by atoms with E-state index in [9.17, 15) is 5.26 Å². The van der Waals surface area contributed by atoms with Gasteiger partial charge in [0.2, 0.25) is 5.95 Å². The summed E-state index contributed by atoms with van der Waals surface area (Å²) in [6.07, 6.45) is 4.40. The molecule has 0 aliphatic carbocycles. The lowest BCUT2D eigenvalue weighted by atomic mass is 10.0. The van der Waals surface area contributed by atoms with E-state index in [1.165, 1.54) is 12.8 Å². The third-order valence-corrected chi connectivity index (χ3v) is 5.94. The minimum absolute atomic E-state index is 0.574. The average Bonchev–Trinajstić information content (AvgIpc) is 2.76. The lowest BCUT2D eigenvalue weighted by molar-refractivity contribution is 0.193. The van der Waals surface area contributed by atoms with Gasteiger partial charge in [0.05, 0.1) is 11.6 Å². The second-order valence-electron chi connectivity index (χ2n) is 8.02. The van der Waals surface area contributed by atoms with Crippen LogP contribution in [0.3, 0.4) is 0 Å². The van der Waals surface area contributed by atoms with E-state index in [0.717, 1.165) is 61.8 Å². The molecular weight excluding hydrogens is 372 g/mol. The summed E-state index contributed by atoms with van der Waals surface area (Å²) < 4.78 is 0. The van der Waals surface area contributed by atoms with Crippen LogP contribution >= 0.6 is 0 Å². The molecular formula is C24H34N6. The summed E-state index contributed by atoms with van der Waals surface area (Å²) in [5, 5.41) is 12.7. The summed E-state index contributed by atoms with van der Waals surface area (Å²) in [5.41, 5.74) is 3.54. The number of aromatic nitrogens is 2. The number of nitrogens with zero attached hydrogens (tertiary/aromatic N) is 5. The summed E-state index contributed by atoms with van der Waals surface area (Å²) in [5.74, 6) is 1.61. The van der Waals surface area contributed by atoms with Gasteiger partial charge >= 0.3 is 0 Å². The molecule has 0 radical (unpaired) electrons. The molecule has 0 bridgehead atoms. The van der Waals surface area contributed by atoms with Crippen molar-refractivity contribution in [3.05, 3.63) is 41.1 Å². The molecule has 1 aromatic heterocycles. The van der Waals surface area contributed by atoms with E-state index in [1.54, 1.807) is 0 Å². The third-order valence-electron chi connectivity index (χ3n) is 5.94. The van der Waals surface area contributed by atoms with E-state index < -0.39 is 0 Å². The summed E-state index contributed by atoms with van der Waals surface area (Å²) in [6.45, 7) is 12.8. The van der Waals surface area contributed by atoms with E-state index in [-0.39, 0.29) is 0 Å². The standard InChI is InChI=1S/C24H34N6/c1-5-9-20-15-23(30-13-8-10-22(17-30)29(6-2)7-3)28-24(26-20)27-21-12-11-18(4)19(14-21)16-25/h11-12,14-15,22H,5-10,13,17H2,1-4H3,(H,26,27,28)/t22-/m1/s1. The van der Waals surface area contributed by atoms with Crippen LogP contribution in [0.5, 0.6) is 0 Å². The van der Waals surface area contributed by atoms with Gasteiger partial charge in [0.25, 0.3) is 0 Å². The number of hydrogen-bond acceptors (Lipinski definition) is 6. The van der Waals surface area contributed by atoms with E-state index in [1.807, 2.05) is 25.1 Å². The smallest absolute Gasteiger partial charge is 0.229 e. The van der Waals surface area contributed by atoms with Crippen molar-refractivity contribution in [1.82, 2.24) is 14.9 Å². The fraction of sp³-hybridized carbons (Fsp3) is 0.542. The van der Waals surface area contributed by atoms with Gasteiger partial charge in [-0.05, 0) is 57.0 Å². The zero-order valence-corrected chi connectivity index (χ0v) is 18.8. The molecule has 0 amide bonds. The van der Waals surface area contributed by atoms with Crippen LogP contribution in [-0.2, 0) is 6.42 Å². The molecule has 0 spiro atoms. The summed E-state index contributed by atoms with van der Waals surface area (Å²) in [7, 11) is 0. The molecule has 1 atom stereocenters. The average molecular weight is 407 g/mol. The molecule has 160 valence electrons. The number of nitriles is 1. The van der Waals surface area contributed by atoms with Crippen LogP contribution in [-0.4, -0.2) is 47.1 Å². The number of aryl methyl sites for hydroxylation is 2. The number of benzene rings is 1. The molecule has 1 N–H and O–H groups in total. The molecule has 1 aliphatic heterocycles. The van der Waals surface area contributed by atoms with Crippen LogP contribution in [0.25, 0.3) is 0 Å². The summed E-state index contributed by atoms with van der Waals surface area (Å²) in [4.78, 5) is 14.6. The van der Waals surface area contributed by atoms with Gasteiger partial charge in [-0.25, -0.2) is 4.98 Å². The number of rotatable bonds is 8. The highest BCUT2D eigenvalue weighted by Gasteiger charge is 2.25. The van der Waals surface area contributed by atoms with Gasteiger partial charge in [-0.2, -0.15) is 10.2 Å². The predicted molar refractivity (Wildman–Crippen MR) is 123 cm³/mol. The molecule has 30 heavy (non-hydrogen) atoms. The zero-order valence-electron chi connectivity index (χ0n) is 18.8. The largest absolute Gasteiger partial charge is 0.355 e. The van der Waals surface area contributed by atoms with Crippen molar-refractivity contribution in [3.63, 3.8) is 0 Å². The van der Waals surface area contributed by atoms with Crippen molar-refractivity contribution in [3.8, 4) is 6.07 Å². The highest BCUT2D eigenvalue weighted by Crippen LogP contribution is 2.25. The number of nitrogens with one attached hydrogen (secondary N) is 1. The molecule has 1 aliphatic rings. The van der Waals surface area contributed by atoms with Gasteiger partial charge < -0.3 is 10.2 Å². The Kier molecular flexibility index (Phi) is 7.64. The van der Waals surface area contributed by atoms with Crippen LogP contribution in [0.1, 0.15) is 56.9 Å². The van der Waals surface area contributed by atoms with Gasteiger partial charge in [0, 0.05) is 36.6 Å². The molecule has 1 saturated heterocycles. The van der Waals surface area contributed by atoms with Crippen molar-refractivity contribution in [1.29, 1.82) is 5.26 Å². The van der Waals surface area contributed by atoms with Crippen molar-refractivity contribution in [2.24, 2.45) is 0 Å². The lowest BCUT2D eigenvalue weighted by Crippen LogP contribution is -2.48. The highest BCUT2D eigenvalue weighted by atomic mass is 15.3. The minimum Gasteiger partial charge on any atom is -0.355 e. The quantitative estimate of drug-likeness (QED) is 0.687. The maximum atomic E-state index is 9.33. The fourth-order valence-electron chi connectivity index (χ4n) is 4.24. The van der Waals surface area contributed by atoms with Crippen LogP contribution < -0.4 is 10.2 Å². The SMILES string of the molecule is CCCc1cc(N2CCC[C@@H](N(CC)CC)C2)nc(Nc2ccc(C)c(C#N)c2)n1. The van der Waals surface area contributed by atoms with Gasteiger partial charge in [-0.3, -0.25) is 4.90 Å². The van der Waals surface area contributed by atoms with Gasteiger partial charge in [-0.1, -0.05) is 33.3 Å². The first kappa shape index (κ1) is 22.0. The molecule has 0 saturated carbocycles. The molecule has 1 aromatic carbocycles. The molecule has 2 heterocycles. The number of hydrogen-bond donors (Lipinski definition) is 1. The lowest BCUT2D eigenvalue weighted by Gasteiger charge is -2.39. The predicted octanol–water partition coefficient (Wildman–Crippen LogP) is 4.66. The van der Waals surface area contributed by atoms with E-state index in [0.29, 0.717) is 17.6 Å². The Hall–Kier alpha value is -2.65. The van der Waals surface area contributed by atoms with E-state index in [2.05, 4.69) is 48.0 Å².